The topological polar surface area (TPSA) is 89.5 Å². The Kier molecular flexibility index (Phi) is 7.15. The van der Waals surface area contributed by atoms with Crippen LogP contribution < -0.4 is 27.1 Å². The van der Waals surface area contributed by atoms with Crippen LogP contribution in [-0.4, -0.2) is 0 Å². The highest BCUT2D eigenvalue weighted by Crippen LogP contribution is 2.59. The quantitative estimate of drug-likeness (QED) is 0.179. The third-order valence-electron chi connectivity index (χ3n) is 7.73. The molecular weight excluding hydrogens is 610 g/mol. The number of benzene rings is 5. The van der Waals surface area contributed by atoms with Crippen molar-refractivity contribution in [2.45, 2.75) is 34.1 Å². The van der Waals surface area contributed by atoms with Gasteiger partial charge in [-0.15, -0.1) is 0 Å². The van der Waals surface area contributed by atoms with Gasteiger partial charge in [0, 0.05) is 23.6 Å². The van der Waals surface area contributed by atoms with Crippen LogP contribution in [0.3, 0.4) is 0 Å². The lowest BCUT2D eigenvalue weighted by atomic mass is 9.99. The first kappa shape index (κ1) is 29.1. The first-order chi connectivity index (χ1) is 21.6. The molecule has 10 heteroatoms. The largest absolute Gasteiger partial charge is 0.647 e. The van der Waals surface area contributed by atoms with Crippen LogP contribution in [0.15, 0.2) is 97.1 Å². The summed E-state index contributed by atoms with van der Waals surface area (Å²) >= 11 is 0. The summed E-state index contributed by atoms with van der Waals surface area (Å²) < 4.78 is 64.7. The number of phosphoric ester groups is 2. The second-order valence-corrected chi connectivity index (χ2v) is 14.0. The lowest BCUT2D eigenvalue weighted by Crippen LogP contribution is -2.13. The Bertz CT molecular complexity index is 1960. The lowest BCUT2D eigenvalue weighted by Gasteiger charge is -2.26. The summed E-state index contributed by atoms with van der Waals surface area (Å²) in [6.45, 7) is 7.48. The van der Waals surface area contributed by atoms with Gasteiger partial charge < -0.3 is 27.1 Å². The number of hydrogen-bond donors (Lipinski definition) is 0. The maximum absolute atomic E-state index is 14.4. The van der Waals surface area contributed by atoms with Crippen molar-refractivity contribution in [2.75, 3.05) is 0 Å². The second kappa shape index (κ2) is 11.1. The van der Waals surface area contributed by atoms with E-state index < -0.39 is 15.6 Å². The third-order valence-corrected chi connectivity index (χ3v) is 10.2. The molecule has 0 aromatic heterocycles. The highest BCUT2D eigenvalue weighted by molar-refractivity contribution is 7.50. The van der Waals surface area contributed by atoms with Gasteiger partial charge in [0.05, 0.1) is 0 Å². The molecule has 5 aromatic rings. The molecule has 0 amide bonds. The molecule has 0 spiro atoms. The van der Waals surface area contributed by atoms with Gasteiger partial charge in [-0.05, 0) is 73.2 Å². The van der Waals surface area contributed by atoms with E-state index in [0.717, 1.165) is 44.5 Å². The molecule has 2 heterocycles. The Labute approximate surface area is 261 Å². The normalized spacial score (nSPS) is 15.4. The molecule has 0 radical (unpaired) electrons. The Hall–Kier alpha value is -4.64. The van der Waals surface area contributed by atoms with E-state index >= 15 is 0 Å². The minimum Gasteiger partial charge on any atom is -0.386 e. The van der Waals surface area contributed by atoms with Crippen molar-refractivity contribution in [1.29, 1.82) is 0 Å². The number of aryl methyl sites for hydroxylation is 4. The fourth-order valence-electron chi connectivity index (χ4n) is 5.55. The molecule has 8 nitrogen and oxygen atoms in total. The van der Waals surface area contributed by atoms with Crippen LogP contribution >= 0.6 is 15.6 Å². The smallest absolute Gasteiger partial charge is 0.386 e. The van der Waals surface area contributed by atoms with Crippen LogP contribution in [0.4, 0.5) is 0 Å². The van der Waals surface area contributed by atoms with Gasteiger partial charge >= 0.3 is 15.6 Å². The van der Waals surface area contributed by atoms with Crippen molar-refractivity contribution in [3.8, 4) is 45.6 Å². The molecule has 2 aliphatic rings. The van der Waals surface area contributed by atoms with Crippen molar-refractivity contribution in [3.05, 3.63) is 130 Å². The van der Waals surface area contributed by atoms with E-state index in [2.05, 4.69) is 0 Å². The number of phosphoric acid groups is 2. The predicted octanol–water partition coefficient (Wildman–Crippen LogP) is 10.1. The number of hydrogen-bond acceptors (Lipinski definition) is 8. The number of para-hydroxylation sites is 4. The second-order valence-electron chi connectivity index (χ2n) is 11.1. The molecule has 2 aliphatic heterocycles. The van der Waals surface area contributed by atoms with Crippen molar-refractivity contribution in [3.63, 3.8) is 0 Å². The first-order valence-electron chi connectivity index (χ1n) is 14.4. The SMILES string of the molecule is Cc1cccc2c1OP(=O)(Oc1cccc(OP3(=O)Oc4c(C)cccc4-c4cccc(C)c4O3)c1)Oc1c(C)cccc1C2. The number of fused-ring (bicyclic) bond motifs is 5. The highest BCUT2D eigenvalue weighted by atomic mass is 31.2. The van der Waals surface area contributed by atoms with Gasteiger partial charge in [-0.2, -0.15) is 9.13 Å². The molecule has 0 atom stereocenters. The van der Waals surface area contributed by atoms with E-state index in [0.29, 0.717) is 29.4 Å². The summed E-state index contributed by atoms with van der Waals surface area (Å²) in [7, 11) is -8.58. The zero-order valence-electron chi connectivity index (χ0n) is 25.1. The monoisotopic (exact) mass is 640 g/mol. The number of rotatable bonds is 4. The molecule has 5 aromatic carbocycles. The van der Waals surface area contributed by atoms with E-state index in [1.165, 1.54) is 6.07 Å². The van der Waals surface area contributed by atoms with Crippen molar-refractivity contribution < 1.29 is 36.3 Å². The van der Waals surface area contributed by atoms with Crippen LogP contribution in [0, 0.1) is 27.7 Å². The predicted molar refractivity (Wildman–Crippen MR) is 172 cm³/mol. The summed E-state index contributed by atoms with van der Waals surface area (Å²) in [5.74, 6) is 1.90. The molecule has 0 fully saturated rings. The summed E-state index contributed by atoms with van der Waals surface area (Å²) in [6.07, 6.45) is 0.540. The Balaban J connectivity index is 1.23. The Morgan fingerprint density at radius 1 is 0.489 bits per heavy atom. The minimum absolute atomic E-state index is 0.106. The Morgan fingerprint density at radius 3 is 1.29 bits per heavy atom. The molecule has 7 rings (SSSR count). The van der Waals surface area contributed by atoms with Crippen LogP contribution in [0.5, 0.6) is 34.5 Å². The fourth-order valence-corrected chi connectivity index (χ4v) is 8.42. The van der Waals surface area contributed by atoms with Gasteiger partial charge in [-0.1, -0.05) is 78.9 Å². The molecular formula is C35H30O8P2. The zero-order valence-corrected chi connectivity index (χ0v) is 26.9. The van der Waals surface area contributed by atoms with E-state index in [9.17, 15) is 9.13 Å². The molecule has 0 bridgehead atoms. The molecule has 0 saturated heterocycles. The summed E-state index contributed by atoms with van der Waals surface area (Å²) in [5, 5.41) is 0. The average molecular weight is 641 g/mol. The van der Waals surface area contributed by atoms with Crippen LogP contribution in [-0.2, 0) is 15.6 Å². The minimum atomic E-state index is -4.30. The van der Waals surface area contributed by atoms with Gasteiger partial charge in [0.15, 0.2) is 0 Å². The summed E-state index contributed by atoms with van der Waals surface area (Å²) in [4.78, 5) is 0. The molecule has 0 unspecified atom stereocenters. The average Bonchev–Trinajstić information content (AvgIpc) is 3.11. The van der Waals surface area contributed by atoms with Crippen LogP contribution in [0.25, 0.3) is 11.1 Å². The summed E-state index contributed by atoms with van der Waals surface area (Å²) in [6, 6.07) is 29.0. The Morgan fingerprint density at radius 2 is 0.844 bits per heavy atom. The van der Waals surface area contributed by atoms with Crippen molar-refractivity contribution in [1.82, 2.24) is 0 Å². The van der Waals surface area contributed by atoms with E-state index in [1.54, 1.807) is 18.2 Å². The van der Waals surface area contributed by atoms with Gasteiger partial charge in [-0.25, -0.2) is 0 Å². The lowest BCUT2D eigenvalue weighted by molar-refractivity contribution is 0.291. The van der Waals surface area contributed by atoms with E-state index in [4.69, 9.17) is 27.1 Å². The molecule has 0 N–H and O–H groups in total. The third kappa shape index (κ3) is 5.56. The van der Waals surface area contributed by atoms with E-state index in [-0.39, 0.29) is 11.5 Å². The maximum Gasteiger partial charge on any atom is 0.647 e. The molecule has 0 aliphatic carbocycles. The zero-order chi connectivity index (χ0) is 31.3. The van der Waals surface area contributed by atoms with Crippen LogP contribution in [0.2, 0.25) is 0 Å². The van der Waals surface area contributed by atoms with Crippen molar-refractivity contribution in [2.24, 2.45) is 0 Å². The fraction of sp³-hybridized carbons (Fsp3) is 0.143. The van der Waals surface area contributed by atoms with E-state index in [1.807, 2.05) is 100 Å². The molecule has 45 heavy (non-hydrogen) atoms. The highest BCUT2D eigenvalue weighted by Gasteiger charge is 2.40. The van der Waals surface area contributed by atoms with Gasteiger partial charge in [0.1, 0.15) is 34.5 Å². The first-order valence-corrected chi connectivity index (χ1v) is 17.4. The van der Waals surface area contributed by atoms with Gasteiger partial charge in [0.25, 0.3) is 0 Å². The van der Waals surface area contributed by atoms with Gasteiger partial charge in [0.2, 0.25) is 0 Å². The van der Waals surface area contributed by atoms with Crippen molar-refractivity contribution >= 4 is 15.6 Å². The van der Waals surface area contributed by atoms with Gasteiger partial charge in [-0.3, -0.25) is 0 Å². The maximum atomic E-state index is 14.4. The summed E-state index contributed by atoms with van der Waals surface area (Å²) in [5.41, 5.74) is 6.34. The standard InChI is InChI=1S/C35H30O8P2/c1-22-10-5-14-26-20-27-15-6-11-23(2)33(27)41-44(36,40-32(22)26)38-28-16-9-17-29(21-28)39-45(37)42-34-24(3)12-7-18-30(34)31-19-8-13-25(4)35(31)43-45/h5-19,21H,20H2,1-4H3. The van der Waals surface area contributed by atoms with Crippen LogP contribution in [0.1, 0.15) is 33.4 Å². The molecule has 0 saturated carbocycles. The molecule has 228 valence electrons.